The van der Waals surface area contributed by atoms with E-state index in [1.54, 1.807) is 0 Å². The van der Waals surface area contributed by atoms with Gasteiger partial charge < -0.3 is 5.32 Å². The van der Waals surface area contributed by atoms with Crippen LogP contribution in [-0.2, 0) is 15.6 Å². The van der Waals surface area contributed by atoms with Gasteiger partial charge >= 0.3 is 0 Å². The molecule has 0 spiro atoms. The van der Waals surface area contributed by atoms with E-state index in [2.05, 4.69) is 5.32 Å². The molecule has 0 bridgehead atoms. The highest BCUT2D eigenvalue weighted by molar-refractivity contribution is 7.90. The van der Waals surface area contributed by atoms with Crippen molar-refractivity contribution in [1.29, 1.82) is 0 Å². The van der Waals surface area contributed by atoms with Gasteiger partial charge in [0.25, 0.3) is 0 Å². The molecular formula is C13H18FNO2S. The Kier molecular flexibility index (Phi) is 4.35. The minimum atomic E-state index is -3.10. The first-order valence-corrected chi connectivity index (χ1v) is 8.03. The maximum Gasteiger partial charge on any atom is 0.154 e. The van der Waals surface area contributed by atoms with Gasteiger partial charge in [0.1, 0.15) is 5.82 Å². The van der Waals surface area contributed by atoms with Gasteiger partial charge in [-0.3, -0.25) is 0 Å². The van der Waals surface area contributed by atoms with E-state index in [0.717, 1.165) is 25.9 Å². The average molecular weight is 271 g/mol. The largest absolute Gasteiger partial charge is 0.317 e. The highest BCUT2D eigenvalue weighted by Gasteiger charge is 2.21. The van der Waals surface area contributed by atoms with E-state index < -0.39 is 9.84 Å². The first kappa shape index (κ1) is 13.5. The predicted octanol–water partition coefficient (Wildman–Crippen LogP) is 1.74. The van der Waals surface area contributed by atoms with Crippen LogP contribution in [-0.4, -0.2) is 27.3 Å². The summed E-state index contributed by atoms with van der Waals surface area (Å²) in [7, 11) is -3.10. The summed E-state index contributed by atoms with van der Waals surface area (Å²) in [6.07, 6.45) is 1.84. The van der Waals surface area contributed by atoms with Crippen LogP contribution in [0, 0.1) is 11.7 Å². The molecule has 0 atom stereocenters. The standard InChI is InChI=1S/C13H18FNO2S/c14-13-3-1-11(2-4-13)9-18(16,17)10-12-5-7-15-8-6-12/h1-4,12,15H,5-10H2. The quantitative estimate of drug-likeness (QED) is 0.907. The van der Waals surface area contributed by atoms with E-state index >= 15 is 0 Å². The third-order valence-corrected chi connectivity index (χ3v) is 5.00. The van der Waals surface area contributed by atoms with Crippen molar-refractivity contribution in [1.82, 2.24) is 5.32 Å². The molecule has 1 aliphatic rings. The Bertz CT molecular complexity index is 478. The van der Waals surface area contributed by atoms with Gasteiger partial charge in [-0.15, -0.1) is 0 Å². The molecule has 3 nitrogen and oxygen atoms in total. The SMILES string of the molecule is O=S(=O)(Cc1ccc(F)cc1)CC1CCNCC1. The zero-order valence-electron chi connectivity index (χ0n) is 10.2. The van der Waals surface area contributed by atoms with Crippen LogP contribution in [0.25, 0.3) is 0 Å². The molecule has 18 heavy (non-hydrogen) atoms. The monoisotopic (exact) mass is 271 g/mol. The van der Waals surface area contributed by atoms with Gasteiger partial charge in [-0.2, -0.15) is 0 Å². The van der Waals surface area contributed by atoms with Crippen molar-refractivity contribution in [2.75, 3.05) is 18.8 Å². The first-order chi connectivity index (χ1) is 8.55. The van der Waals surface area contributed by atoms with E-state index in [4.69, 9.17) is 0 Å². The molecule has 0 aliphatic carbocycles. The second-order valence-corrected chi connectivity index (χ2v) is 6.98. The highest BCUT2D eigenvalue weighted by atomic mass is 32.2. The van der Waals surface area contributed by atoms with Crippen molar-refractivity contribution in [3.63, 3.8) is 0 Å². The lowest BCUT2D eigenvalue weighted by atomic mass is 10.0. The summed E-state index contributed by atoms with van der Waals surface area (Å²) < 4.78 is 36.8. The molecule has 5 heteroatoms. The number of piperidine rings is 1. The van der Waals surface area contributed by atoms with Crippen molar-refractivity contribution in [2.24, 2.45) is 5.92 Å². The molecule has 1 saturated heterocycles. The van der Waals surface area contributed by atoms with Gasteiger partial charge in [0.05, 0.1) is 11.5 Å². The van der Waals surface area contributed by atoms with Crippen molar-refractivity contribution >= 4 is 9.84 Å². The summed E-state index contributed by atoms with van der Waals surface area (Å²) >= 11 is 0. The minimum absolute atomic E-state index is 0.0111. The van der Waals surface area contributed by atoms with Crippen molar-refractivity contribution in [3.8, 4) is 0 Å². The Balaban J connectivity index is 1.96. The smallest absolute Gasteiger partial charge is 0.154 e. The summed E-state index contributed by atoms with van der Waals surface area (Å²) in [6.45, 7) is 1.80. The Morgan fingerprint density at radius 1 is 1.17 bits per heavy atom. The highest BCUT2D eigenvalue weighted by Crippen LogP contribution is 2.17. The first-order valence-electron chi connectivity index (χ1n) is 6.21. The van der Waals surface area contributed by atoms with Crippen LogP contribution in [0.15, 0.2) is 24.3 Å². The molecule has 1 heterocycles. The van der Waals surface area contributed by atoms with E-state index in [1.165, 1.54) is 24.3 Å². The normalized spacial score (nSPS) is 17.8. The number of hydrogen-bond acceptors (Lipinski definition) is 3. The maximum absolute atomic E-state index is 12.7. The van der Waals surface area contributed by atoms with Crippen molar-refractivity contribution < 1.29 is 12.8 Å². The molecular weight excluding hydrogens is 253 g/mol. The molecule has 1 fully saturated rings. The Morgan fingerprint density at radius 3 is 2.39 bits per heavy atom. The Hall–Kier alpha value is -0.940. The second-order valence-electron chi connectivity index (χ2n) is 4.87. The Morgan fingerprint density at radius 2 is 1.78 bits per heavy atom. The fraction of sp³-hybridized carbons (Fsp3) is 0.538. The van der Waals surface area contributed by atoms with Crippen molar-refractivity contribution in [3.05, 3.63) is 35.6 Å². The second kappa shape index (κ2) is 5.80. The van der Waals surface area contributed by atoms with Crippen LogP contribution in [0.5, 0.6) is 0 Å². The lowest BCUT2D eigenvalue weighted by Crippen LogP contribution is -2.31. The number of sulfone groups is 1. The van der Waals surface area contributed by atoms with E-state index in [9.17, 15) is 12.8 Å². The van der Waals surface area contributed by atoms with Crippen LogP contribution in [0.3, 0.4) is 0 Å². The molecule has 0 saturated carbocycles. The molecule has 1 aliphatic heterocycles. The van der Waals surface area contributed by atoms with Crippen LogP contribution in [0.4, 0.5) is 4.39 Å². The summed E-state index contributed by atoms with van der Waals surface area (Å²) in [6, 6.07) is 5.68. The van der Waals surface area contributed by atoms with Gasteiger partial charge in [-0.1, -0.05) is 12.1 Å². The van der Waals surface area contributed by atoms with Gasteiger partial charge in [0.2, 0.25) is 0 Å². The number of nitrogens with one attached hydrogen (secondary N) is 1. The van der Waals surface area contributed by atoms with Crippen molar-refractivity contribution in [2.45, 2.75) is 18.6 Å². The fourth-order valence-electron chi connectivity index (χ4n) is 2.30. The summed E-state index contributed by atoms with van der Waals surface area (Å²) in [5.41, 5.74) is 0.658. The summed E-state index contributed by atoms with van der Waals surface area (Å²) in [5.74, 6) is 0.176. The Labute approximate surface area is 107 Å². The van der Waals surface area contributed by atoms with Gasteiger partial charge in [-0.25, -0.2) is 12.8 Å². The van der Waals surface area contributed by atoms with Crippen LogP contribution in [0.2, 0.25) is 0 Å². The molecule has 0 aromatic heterocycles. The topological polar surface area (TPSA) is 46.2 Å². The zero-order valence-corrected chi connectivity index (χ0v) is 11.0. The lowest BCUT2D eigenvalue weighted by Gasteiger charge is -2.22. The lowest BCUT2D eigenvalue weighted by molar-refractivity contribution is 0.401. The molecule has 2 rings (SSSR count). The molecule has 0 radical (unpaired) electrons. The molecule has 100 valence electrons. The number of halogens is 1. The van der Waals surface area contributed by atoms with Gasteiger partial charge in [0, 0.05) is 0 Å². The maximum atomic E-state index is 12.7. The third kappa shape index (κ3) is 4.07. The van der Waals surface area contributed by atoms with Gasteiger partial charge in [-0.05, 0) is 49.5 Å². The van der Waals surface area contributed by atoms with E-state index in [0.29, 0.717) is 5.56 Å². The minimum Gasteiger partial charge on any atom is -0.317 e. The number of hydrogen-bond donors (Lipinski definition) is 1. The third-order valence-electron chi connectivity index (χ3n) is 3.25. The fourth-order valence-corrected chi connectivity index (χ4v) is 4.17. The predicted molar refractivity (Wildman–Crippen MR) is 69.5 cm³/mol. The number of benzene rings is 1. The molecule has 0 amide bonds. The van der Waals surface area contributed by atoms with E-state index in [1.807, 2.05) is 0 Å². The van der Waals surface area contributed by atoms with Crippen LogP contribution < -0.4 is 5.32 Å². The summed E-state index contributed by atoms with van der Waals surface area (Å²) in [5, 5.41) is 3.22. The zero-order chi connectivity index (χ0) is 13.0. The van der Waals surface area contributed by atoms with Gasteiger partial charge in [0.15, 0.2) is 9.84 Å². The summed E-state index contributed by atoms with van der Waals surface area (Å²) in [4.78, 5) is 0. The van der Waals surface area contributed by atoms with E-state index in [-0.39, 0.29) is 23.2 Å². The van der Waals surface area contributed by atoms with Crippen LogP contribution in [0.1, 0.15) is 18.4 Å². The molecule has 1 N–H and O–H groups in total. The van der Waals surface area contributed by atoms with Crippen LogP contribution >= 0.6 is 0 Å². The number of rotatable bonds is 4. The molecule has 0 unspecified atom stereocenters. The molecule has 1 aromatic rings. The molecule has 1 aromatic carbocycles. The average Bonchev–Trinajstić information content (AvgIpc) is 2.32.